The first-order valence-electron chi connectivity index (χ1n) is 7.67. The summed E-state index contributed by atoms with van der Waals surface area (Å²) >= 11 is 0. The van der Waals surface area contributed by atoms with Crippen LogP contribution in [0.1, 0.15) is 44.0 Å². The van der Waals surface area contributed by atoms with Crippen LogP contribution in [-0.2, 0) is 0 Å². The van der Waals surface area contributed by atoms with Crippen molar-refractivity contribution < 1.29 is 14.3 Å². The lowest BCUT2D eigenvalue weighted by molar-refractivity contribution is 0.0567. The Bertz CT molecular complexity index is 543. The molecular formula is C17H23NO3. The lowest BCUT2D eigenvalue weighted by Gasteiger charge is -2.36. The highest BCUT2D eigenvalue weighted by Crippen LogP contribution is 2.34. The predicted molar refractivity (Wildman–Crippen MR) is 80.9 cm³/mol. The number of carbonyl (C=O) groups is 1. The van der Waals surface area contributed by atoms with Crippen LogP contribution in [0.3, 0.4) is 0 Å². The molecule has 1 amide bonds. The zero-order chi connectivity index (χ0) is 15.0. The molecule has 0 N–H and O–H groups in total. The van der Waals surface area contributed by atoms with E-state index in [9.17, 15) is 4.79 Å². The number of fused-ring (bicyclic) bond motifs is 1. The third kappa shape index (κ3) is 3.14. The fraction of sp³-hybridized carbons (Fsp3) is 0.588. The molecule has 0 unspecified atom stereocenters. The van der Waals surface area contributed by atoms with Crippen LogP contribution in [0.4, 0.5) is 0 Å². The zero-order valence-corrected chi connectivity index (χ0v) is 13.0. The normalized spacial score (nSPS) is 17.5. The van der Waals surface area contributed by atoms with E-state index in [-0.39, 0.29) is 11.4 Å². The Kier molecular flexibility index (Phi) is 3.56. The van der Waals surface area contributed by atoms with Crippen molar-refractivity contribution in [1.82, 2.24) is 4.90 Å². The number of carbonyl (C=O) groups excluding carboxylic acids is 1. The fourth-order valence-corrected chi connectivity index (χ4v) is 2.55. The van der Waals surface area contributed by atoms with Crippen molar-refractivity contribution in [1.29, 1.82) is 0 Å². The van der Waals surface area contributed by atoms with Crippen LogP contribution >= 0.6 is 0 Å². The van der Waals surface area contributed by atoms with Crippen molar-refractivity contribution in [2.24, 2.45) is 5.92 Å². The van der Waals surface area contributed by atoms with Crippen LogP contribution in [0.25, 0.3) is 0 Å². The SMILES string of the molecule is CC(C)(C)N(CC1CC1)C(=O)c1ccc2c(c1)OCCO2. The number of nitrogens with zero attached hydrogens (tertiary/aromatic N) is 1. The lowest BCUT2D eigenvalue weighted by atomic mass is 10.0. The molecular weight excluding hydrogens is 266 g/mol. The molecule has 0 radical (unpaired) electrons. The quantitative estimate of drug-likeness (QED) is 0.858. The average Bonchev–Trinajstić information content (AvgIpc) is 3.26. The van der Waals surface area contributed by atoms with Gasteiger partial charge in [0, 0.05) is 17.6 Å². The Morgan fingerprint density at radius 1 is 1.19 bits per heavy atom. The Hall–Kier alpha value is -1.71. The topological polar surface area (TPSA) is 38.8 Å². The summed E-state index contributed by atoms with van der Waals surface area (Å²) in [7, 11) is 0. The third-order valence-corrected chi connectivity index (χ3v) is 3.98. The Balaban J connectivity index is 1.84. The molecule has 21 heavy (non-hydrogen) atoms. The monoisotopic (exact) mass is 289 g/mol. The van der Waals surface area contributed by atoms with Crippen molar-refractivity contribution in [2.75, 3.05) is 19.8 Å². The highest BCUT2D eigenvalue weighted by Gasteiger charge is 2.33. The first-order chi connectivity index (χ1) is 9.95. The Morgan fingerprint density at radius 3 is 2.48 bits per heavy atom. The van der Waals surface area contributed by atoms with Crippen LogP contribution in [0.2, 0.25) is 0 Å². The third-order valence-electron chi connectivity index (χ3n) is 3.98. The second-order valence-corrected chi connectivity index (χ2v) is 6.89. The second-order valence-electron chi connectivity index (χ2n) is 6.89. The first kappa shape index (κ1) is 14.2. The fourth-order valence-electron chi connectivity index (χ4n) is 2.55. The summed E-state index contributed by atoms with van der Waals surface area (Å²) in [4.78, 5) is 14.9. The highest BCUT2D eigenvalue weighted by atomic mass is 16.6. The van der Waals surface area contributed by atoms with Gasteiger partial charge < -0.3 is 14.4 Å². The van der Waals surface area contributed by atoms with Crippen LogP contribution < -0.4 is 9.47 Å². The molecule has 1 heterocycles. The van der Waals surface area contributed by atoms with Gasteiger partial charge in [-0.15, -0.1) is 0 Å². The van der Waals surface area contributed by atoms with Gasteiger partial charge in [-0.25, -0.2) is 0 Å². The molecule has 1 saturated carbocycles. The van der Waals surface area contributed by atoms with E-state index in [4.69, 9.17) is 9.47 Å². The minimum atomic E-state index is -0.174. The molecule has 0 aromatic heterocycles. The molecule has 1 aromatic rings. The second kappa shape index (κ2) is 5.24. The lowest BCUT2D eigenvalue weighted by Crippen LogP contribution is -2.46. The van der Waals surface area contributed by atoms with Gasteiger partial charge in [-0.1, -0.05) is 0 Å². The maximum absolute atomic E-state index is 12.9. The zero-order valence-electron chi connectivity index (χ0n) is 13.0. The molecule has 0 bridgehead atoms. The van der Waals surface area contributed by atoms with Crippen molar-refractivity contribution >= 4 is 5.91 Å². The number of ether oxygens (including phenoxy) is 2. The maximum Gasteiger partial charge on any atom is 0.254 e. The van der Waals surface area contributed by atoms with Crippen molar-refractivity contribution in [2.45, 2.75) is 39.2 Å². The van der Waals surface area contributed by atoms with E-state index in [1.165, 1.54) is 12.8 Å². The predicted octanol–water partition coefficient (Wildman–Crippen LogP) is 3.11. The van der Waals surface area contributed by atoms with E-state index >= 15 is 0 Å². The molecule has 2 aliphatic rings. The van der Waals surface area contributed by atoms with Gasteiger partial charge in [0.05, 0.1) is 0 Å². The number of rotatable bonds is 3. The molecule has 0 spiro atoms. The molecule has 4 nitrogen and oxygen atoms in total. The minimum absolute atomic E-state index is 0.0753. The van der Waals surface area contributed by atoms with E-state index in [0.29, 0.717) is 30.4 Å². The summed E-state index contributed by atoms with van der Waals surface area (Å²) in [6.07, 6.45) is 2.47. The molecule has 3 rings (SSSR count). The van der Waals surface area contributed by atoms with Gasteiger partial charge >= 0.3 is 0 Å². The van der Waals surface area contributed by atoms with E-state index in [1.54, 1.807) is 0 Å². The molecule has 1 fully saturated rings. The van der Waals surface area contributed by atoms with Crippen molar-refractivity contribution in [3.05, 3.63) is 23.8 Å². The van der Waals surface area contributed by atoms with E-state index in [1.807, 2.05) is 23.1 Å². The average molecular weight is 289 g/mol. The number of amides is 1. The van der Waals surface area contributed by atoms with E-state index in [0.717, 1.165) is 12.3 Å². The molecule has 1 aliphatic heterocycles. The molecule has 1 aliphatic carbocycles. The molecule has 1 aromatic carbocycles. The molecule has 114 valence electrons. The van der Waals surface area contributed by atoms with Gasteiger partial charge in [0.1, 0.15) is 13.2 Å². The molecule has 4 heteroatoms. The summed E-state index contributed by atoms with van der Waals surface area (Å²) in [5.74, 6) is 2.14. The molecule has 0 saturated heterocycles. The number of benzene rings is 1. The summed E-state index contributed by atoms with van der Waals surface area (Å²) in [6.45, 7) is 8.21. The van der Waals surface area contributed by atoms with Crippen LogP contribution in [0.15, 0.2) is 18.2 Å². The summed E-state index contributed by atoms with van der Waals surface area (Å²) in [5, 5.41) is 0. The Morgan fingerprint density at radius 2 is 1.86 bits per heavy atom. The summed E-state index contributed by atoms with van der Waals surface area (Å²) < 4.78 is 11.1. The van der Waals surface area contributed by atoms with Crippen LogP contribution in [-0.4, -0.2) is 36.1 Å². The Labute approximate surface area is 126 Å². The van der Waals surface area contributed by atoms with Gasteiger partial charge in [-0.3, -0.25) is 4.79 Å². The van der Waals surface area contributed by atoms with Gasteiger partial charge in [0.2, 0.25) is 0 Å². The standard InChI is InChI=1S/C17H23NO3/c1-17(2,3)18(11-12-4-5-12)16(19)13-6-7-14-15(10-13)21-9-8-20-14/h6-7,10,12H,4-5,8-9,11H2,1-3H3. The summed E-state index contributed by atoms with van der Waals surface area (Å²) in [6, 6.07) is 5.48. The largest absolute Gasteiger partial charge is 0.486 e. The highest BCUT2D eigenvalue weighted by molar-refractivity contribution is 5.95. The van der Waals surface area contributed by atoms with Crippen LogP contribution in [0, 0.1) is 5.92 Å². The van der Waals surface area contributed by atoms with Gasteiger partial charge in [-0.2, -0.15) is 0 Å². The smallest absolute Gasteiger partial charge is 0.254 e. The summed E-state index contributed by atoms with van der Waals surface area (Å²) in [5.41, 5.74) is 0.502. The molecule has 0 atom stereocenters. The number of hydrogen-bond donors (Lipinski definition) is 0. The van der Waals surface area contributed by atoms with Gasteiger partial charge in [0.25, 0.3) is 5.91 Å². The maximum atomic E-state index is 12.9. The minimum Gasteiger partial charge on any atom is -0.486 e. The van der Waals surface area contributed by atoms with Crippen molar-refractivity contribution in [3.8, 4) is 11.5 Å². The first-order valence-corrected chi connectivity index (χ1v) is 7.67. The van der Waals surface area contributed by atoms with Gasteiger partial charge in [0.15, 0.2) is 11.5 Å². The van der Waals surface area contributed by atoms with Crippen molar-refractivity contribution in [3.63, 3.8) is 0 Å². The van der Waals surface area contributed by atoms with Crippen LogP contribution in [0.5, 0.6) is 11.5 Å². The van der Waals surface area contributed by atoms with E-state index in [2.05, 4.69) is 20.8 Å². The van der Waals surface area contributed by atoms with E-state index < -0.39 is 0 Å². The van der Waals surface area contributed by atoms with Gasteiger partial charge in [-0.05, 0) is 57.7 Å². The number of hydrogen-bond acceptors (Lipinski definition) is 3.